The van der Waals surface area contributed by atoms with Crippen LogP contribution in [0.3, 0.4) is 0 Å². The Balaban J connectivity index is 1.69. The fraction of sp³-hybridized carbons (Fsp3) is 0.389. The van der Waals surface area contributed by atoms with E-state index in [-0.39, 0.29) is 18.1 Å². The van der Waals surface area contributed by atoms with Gasteiger partial charge >= 0.3 is 0 Å². The van der Waals surface area contributed by atoms with Crippen LogP contribution in [0.5, 0.6) is 5.75 Å². The highest BCUT2D eigenvalue weighted by Crippen LogP contribution is 2.36. The number of ether oxygens (including phenoxy) is 1. The predicted octanol–water partition coefficient (Wildman–Crippen LogP) is 2.40. The summed E-state index contributed by atoms with van der Waals surface area (Å²) < 4.78 is 29.2. The van der Waals surface area contributed by atoms with Crippen LogP contribution >= 0.6 is 0 Å². The Morgan fingerprint density at radius 3 is 2.96 bits per heavy atom. The summed E-state index contributed by atoms with van der Waals surface area (Å²) >= 11 is 0. The van der Waals surface area contributed by atoms with Gasteiger partial charge in [-0.25, -0.2) is 8.42 Å². The third-order valence-corrected chi connectivity index (χ3v) is 5.77. The molecule has 1 fully saturated rings. The Hall–Kier alpha value is -2.08. The van der Waals surface area contributed by atoms with E-state index < -0.39 is 15.4 Å². The van der Waals surface area contributed by atoms with Gasteiger partial charge in [0.1, 0.15) is 11.4 Å². The van der Waals surface area contributed by atoms with Crippen molar-refractivity contribution in [3.63, 3.8) is 0 Å². The Morgan fingerprint density at radius 2 is 2.17 bits per heavy atom. The van der Waals surface area contributed by atoms with Gasteiger partial charge in [0.05, 0.1) is 12.3 Å². The summed E-state index contributed by atoms with van der Waals surface area (Å²) in [5.41, 5.74) is 0.517. The molecular formula is C18H21NO4S. The SMILES string of the molecule is C=CS(=O)(=O)CCC(=O)N1CCCC2(C=Cc3ccccc3O2)C1. The van der Waals surface area contributed by atoms with Crippen LogP contribution in [0, 0.1) is 0 Å². The first-order valence-corrected chi connectivity index (χ1v) is 9.75. The number of para-hydroxylation sites is 1. The van der Waals surface area contributed by atoms with Crippen molar-refractivity contribution in [1.29, 1.82) is 0 Å². The molecule has 0 saturated carbocycles. The Bertz CT molecular complexity index is 784. The molecule has 0 bridgehead atoms. The number of fused-ring (bicyclic) bond motifs is 1. The van der Waals surface area contributed by atoms with Gasteiger partial charge in [0, 0.05) is 23.9 Å². The molecule has 0 aromatic heterocycles. The highest BCUT2D eigenvalue weighted by Gasteiger charge is 2.39. The second kappa shape index (κ2) is 6.43. The van der Waals surface area contributed by atoms with Crippen molar-refractivity contribution in [2.75, 3.05) is 18.8 Å². The molecule has 1 atom stereocenters. The zero-order chi connectivity index (χ0) is 17.2. The number of piperidine rings is 1. The quantitative estimate of drug-likeness (QED) is 0.839. The summed E-state index contributed by atoms with van der Waals surface area (Å²) in [6, 6.07) is 7.81. The number of hydrogen-bond acceptors (Lipinski definition) is 4. The molecule has 2 aliphatic rings. The highest BCUT2D eigenvalue weighted by molar-refractivity contribution is 7.94. The second-order valence-electron chi connectivity index (χ2n) is 6.24. The summed E-state index contributed by atoms with van der Waals surface area (Å²) in [4.78, 5) is 14.1. The number of carbonyl (C=O) groups excluding carboxylic acids is 1. The molecular weight excluding hydrogens is 326 g/mol. The number of rotatable bonds is 4. The number of likely N-dealkylation sites (tertiary alicyclic amines) is 1. The van der Waals surface area contributed by atoms with E-state index >= 15 is 0 Å². The minimum atomic E-state index is -3.36. The van der Waals surface area contributed by atoms with Gasteiger partial charge in [0.25, 0.3) is 0 Å². The van der Waals surface area contributed by atoms with E-state index in [1.807, 2.05) is 36.4 Å². The highest BCUT2D eigenvalue weighted by atomic mass is 32.2. The summed E-state index contributed by atoms with van der Waals surface area (Å²) in [5, 5.41) is 0.905. The monoisotopic (exact) mass is 347 g/mol. The van der Waals surface area contributed by atoms with Crippen LogP contribution < -0.4 is 4.74 Å². The van der Waals surface area contributed by atoms with Crippen LogP contribution in [0.2, 0.25) is 0 Å². The topological polar surface area (TPSA) is 63.7 Å². The molecule has 0 aliphatic carbocycles. The Morgan fingerprint density at radius 1 is 1.38 bits per heavy atom. The molecule has 1 saturated heterocycles. The maximum absolute atomic E-state index is 12.4. The van der Waals surface area contributed by atoms with Crippen molar-refractivity contribution in [2.45, 2.75) is 24.9 Å². The molecule has 1 amide bonds. The third kappa shape index (κ3) is 3.53. The largest absolute Gasteiger partial charge is 0.481 e. The molecule has 24 heavy (non-hydrogen) atoms. The number of benzene rings is 1. The van der Waals surface area contributed by atoms with Gasteiger partial charge in [-0.05, 0) is 25.0 Å². The number of nitrogens with zero attached hydrogens (tertiary/aromatic N) is 1. The van der Waals surface area contributed by atoms with Crippen LogP contribution in [0.1, 0.15) is 24.8 Å². The second-order valence-corrected chi connectivity index (χ2v) is 8.31. The molecule has 1 aromatic rings. The van der Waals surface area contributed by atoms with Gasteiger partial charge in [-0.1, -0.05) is 30.9 Å². The molecule has 1 unspecified atom stereocenters. The average molecular weight is 347 g/mol. The lowest BCUT2D eigenvalue weighted by atomic mass is 9.89. The summed E-state index contributed by atoms with van der Waals surface area (Å²) in [6.07, 6.45) is 5.70. The lowest BCUT2D eigenvalue weighted by molar-refractivity contribution is -0.135. The van der Waals surface area contributed by atoms with E-state index in [9.17, 15) is 13.2 Å². The van der Waals surface area contributed by atoms with Crippen molar-refractivity contribution in [3.05, 3.63) is 47.9 Å². The first-order chi connectivity index (χ1) is 11.4. The van der Waals surface area contributed by atoms with Gasteiger partial charge < -0.3 is 9.64 Å². The maximum atomic E-state index is 12.4. The zero-order valence-electron chi connectivity index (χ0n) is 13.5. The smallest absolute Gasteiger partial charge is 0.223 e. The summed E-state index contributed by atoms with van der Waals surface area (Å²) in [6.45, 7) is 4.35. The lowest BCUT2D eigenvalue weighted by Crippen LogP contribution is -2.53. The number of sulfone groups is 1. The van der Waals surface area contributed by atoms with E-state index in [4.69, 9.17) is 4.74 Å². The molecule has 3 rings (SSSR count). The minimum Gasteiger partial charge on any atom is -0.481 e. The van der Waals surface area contributed by atoms with Crippen molar-refractivity contribution < 1.29 is 17.9 Å². The van der Waals surface area contributed by atoms with Crippen LogP contribution in [0.4, 0.5) is 0 Å². The van der Waals surface area contributed by atoms with E-state index in [2.05, 4.69) is 6.58 Å². The molecule has 0 N–H and O–H groups in total. The fourth-order valence-corrected chi connectivity index (χ4v) is 3.79. The molecule has 5 nitrogen and oxygen atoms in total. The molecule has 0 radical (unpaired) electrons. The first-order valence-electron chi connectivity index (χ1n) is 8.03. The molecule has 1 spiro atoms. The Kier molecular flexibility index (Phi) is 4.49. The Labute approximate surface area is 142 Å². The van der Waals surface area contributed by atoms with Gasteiger partial charge in [-0.3, -0.25) is 4.79 Å². The van der Waals surface area contributed by atoms with Crippen molar-refractivity contribution in [1.82, 2.24) is 4.90 Å². The van der Waals surface area contributed by atoms with Crippen LogP contribution in [0.15, 0.2) is 42.3 Å². The standard InChI is InChI=1S/C18H21NO4S/c1-2-24(21,22)13-9-17(20)19-12-5-10-18(14-19)11-8-15-6-3-4-7-16(15)23-18/h2-4,6-8,11H,1,5,9-10,12-14H2. The van der Waals surface area contributed by atoms with Gasteiger partial charge in [0.15, 0.2) is 9.84 Å². The van der Waals surface area contributed by atoms with Gasteiger partial charge in [0.2, 0.25) is 5.91 Å². The molecule has 1 aromatic carbocycles. The maximum Gasteiger partial charge on any atom is 0.223 e. The fourth-order valence-electron chi connectivity index (χ4n) is 3.16. The summed E-state index contributed by atoms with van der Waals surface area (Å²) in [5.74, 6) is 0.470. The van der Waals surface area contributed by atoms with E-state index in [0.717, 1.165) is 29.6 Å². The van der Waals surface area contributed by atoms with Crippen molar-refractivity contribution in [2.24, 2.45) is 0 Å². The molecule has 2 aliphatic heterocycles. The van der Waals surface area contributed by atoms with E-state index in [1.165, 1.54) is 0 Å². The van der Waals surface area contributed by atoms with Crippen molar-refractivity contribution in [3.8, 4) is 5.75 Å². The number of carbonyl (C=O) groups is 1. The van der Waals surface area contributed by atoms with E-state index in [0.29, 0.717) is 13.1 Å². The van der Waals surface area contributed by atoms with Crippen molar-refractivity contribution >= 4 is 21.8 Å². The molecule has 2 heterocycles. The van der Waals surface area contributed by atoms with Crippen LogP contribution in [-0.4, -0.2) is 43.7 Å². The normalized spacial score (nSPS) is 22.8. The first kappa shape index (κ1) is 16.8. The van der Waals surface area contributed by atoms with Gasteiger partial charge in [-0.15, -0.1) is 0 Å². The predicted molar refractivity (Wildman–Crippen MR) is 93.2 cm³/mol. The number of amides is 1. The molecule has 128 valence electrons. The lowest BCUT2D eigenvalue weighted by Gasteiger charge is -2.42. The van der Waals surface area contributed by atoms with E-state index in [1.54, 1.807) is 4.90 Å². The van der Waals surface area contributed by atoms with Gasteiger partial charge in [-0.2, -0.15) is 0 Å². The summed E-state index contributed by atoms with van der Waals surface area (Å²) in [7, 11) is -3.36. The minimum absolute atomic E-state index is 0.0231. The van der Waals surface area contributed by atoms with Crippen LogP contribution in [0.25, 0.3) is 6.08 Å². The van der Waals surface area contributed by atoms with Crippen LogP contribution in [-0.2, 0) is 14.6 Å². The molecule has 6 heteroatoms. The number of hydrogen-bond donors (Lipinski definition) is 0. The third-order valence-electron chi connectivity index (χ3n) is 4.49. The zero-order valence-corrected chi connectivity index (χ0v) is 14.3. The average Bonchev–Trinajstić information content (AvgIpc) is 2.60.